The SMILES string of the molecule is CC=CC(C)(C=CC)CCC(C=CC)(C=CC)C(C=CC)(C=CC)CC(F)(C(C)(C)C)C(F)(F)F. The van der Waals surface area contributed by atoms with Gasteiger partial charge in [-0.1, -0.05) is 101 Å². The third kappa shape index (κ3) is 7.57. The zero-order valence-corrected chi connectivity index (χ0v) is 23.6. The Morgan fingerprint density at radius 2 is 0.829 bits per heavy atom. The summed E-state index contributed by atoms with van der Waals surface area (Å²) in [6.07, 6.45) is 18.3. The Kier molecular flexibility index (Phi) is 12.2. The fraction of sp³-hybridized carbons (Fsp3) is 0.613. The highest BCUT2D eigenvalue weighted by Crippen LogP contribution is 2.60. The minimum Gasteiger partial charge on any atom is -0.233 e. The zero-order valence-electron chi connectivity index (χ0n) is 23.6. The molecule has 0 saturated heterocycles. The molecule has 0 aliphatic rings. The highest BCUT2D eigenvalue weighted by Gasteiger charge is 2.66. The first-order valence-corrected chi connectivity index (χ1v) is 12.6. The first-order chi connectivity index (χ1) is 16.0. The molecule has 4 heteroatoms. The normalized spacial score (nSPS) is 21.4. The fourth-order valence-corrected chi connectivity index (χ4v) is 5.26. The molecule has 0 aromatic carbocycles. The number of hydrogen-bond donors (Lipinski definition) is 0. The molecule has 200 valence electrons. The summed E-state index contributed by atoms with van der Waals surface area (Å²) in [5.74, 6) is 0. The second-order valence-electron chi connectivity index (χ2n) is 10.8. The average molecular weight is 497 g/mol. The van der Waals surface area contributed by atoms with Crippen molar-refractivity contribution in [3.63, 3.8) is 0 Å². The minimum absolute atomic E-state index is 0.281. The van der Waals surface area contributed by atoms with Crippen molar-refractivity contribution in [1.82, 2.24) is 0 Å². The van der Waals surface area contributed by atoms with E-state index in [0.717, 1.165) is 0 Å². The van der Waals surface area contributed by atoms with E-state index in [9.17, 15) is 13.2 Å². The maximum Gasteiger partial charge on any atom is 0.423 e. The summed E-state index contributed by atoms with van der Waals surface area (Å²) in [7, 11) is 0. The van der Waals surface area contributed by atoms with Gasteiger partial charge in [-0.25, -0.2) is 4.39 Å². The van der Waals surface area contributed by atoms with Crippen LogP contribution in [-0.4, -0.2) is 11.8 Å². The molecule has 0 aliphatic heterocycles. The van der Waals surface area contributed by atoms with E-state index in [1.54, 1.807) is 38.2 Å². The highest BCUT2D eigenvalue weighted by molar-refractivity contribution is 5.31. The lowest BCUT2D eigenvalue weighted by molar-refractivity contribution is -0.272. The molecule has 0 aromatic heterocycles. The molecule has 0 spiro atoms. The van der Waals surface area contributed by atoms with E-state index < -0.39 is 34.5 Å². The van der Waals surface area contributed by atoms with Crippen molar-refractivity contribution in [3.8, 4) is 0 Å². The van der Waals surface area contributed by atoms with Crippen LogP contribution in [0.1, 0.15) is 88.5 Å². The molecule has 0 saturated carbocycles. The second kappa shape index (κ2) is 12.9. The van der Waals surface area contributed by atoms with Crippen LogP contribution in [0.5, 0.6) is 0 Å². The molecular formula is C31H48F4. The number of halogens is 4. The molecule has 0 N–H and O–H groups in total. The van der Waals surface area contributed by atoms with Crippen molar-refractivity contribution in [2.75, 3.05) is 0 Å². The van der Waals surface area contributed by atoms with Crippen molar-refractivity contribution in [1.29, 1.82) is 0 Å². The molecular weight excluding hydrogens is 448 g/mol. The lowest BCUT2D eigenvalue weighted by atomic mass is 9.53. The first-order valence-electron chi connectivity index (χ1n) is 12.6. The van der Waals surface area contributed by atoms with E-state index in [1.807, 2.05) is 64.2 Å². The monoisotopic (exact) mass is 496 g/mol. The maximum absolute atomic E-state index is 16.4. The number of hydrogen-bond acceptors (Lipinski definition) is 0. The Morgan fingerprint density at radius 3 is 1.11 bits per heavy atom. The van der Waals surface area contributed by atoms with Gasteiger partial charge in [0.2, 0.25) is 5.67 Å². The highest BCUT2D eigenvalue weighted by atomic mass is 19.4. The van der Waals surface area contributed by atoms with Crippen molar-refractivity contribution in [3.05, 3.63) is 72.9 Å². The van der Waals surface area contributed by atoms with Gasteiger partial charge in [0.05, 0.1) is 0 Å². The van der Waals surface area contributed by atoms with E-state index in [4.69, 9.17) is 0 Å². The van der Waals surface area contributed by atoms with Crippen LogP contribution in [0.3, 0.4) is 0 Å². The van der Waals surface area contributed by atoms with Crippen molar-refractivity contribution in [2.24, 2.45) is 21.7 Å². The molecule has 0 aromatic rings. The van der Waals surface area contributed by atoms with Gasteiger partial charge in [-0.3, -0.25) is 0 Å². The molecule has 0 radical (unpaired) electrons. The third-order valence-corrected chi connectivity index (χ3v) is 7.07. The summed E-state index contributed by atoms with van der Waals surface area (Å²) in [4.78, 5) is 0. The van der Waals surface area contributed by atoms with Gasteiger partial charge >= 0.3 is 6.18 Å². The molecule has 0 fully saturated rings. The second-order valence-corrected chi connectivity index (χ2v) is 10.8. The van der Waals surface area contributed by atoms with Crippen molar-refractivity contribution in [2.45, 2.75) is 100 Å². The Bertz CT molecular complexity index is 760. The van der Waals surface area contributed by atoms with Crippen LogP contribution in [0.2, 0.25) is 0 Å². The summed E-state index contributed by atoms with van der Waals surface area (Å²) < 4.78 is 59.8. The molecule has 0 nitrogen and oxygen atoms in total. The molecule has 1 atom stereocenters. The third-order valence-electron chi connectivity index (χ3n) is 7.07. The molecule has 1 unspecified atom stereocenters. The Balaban J connectivity index is 7.42. The van der Waals surface area contributed by atoms with Gasteiger partial charge in [-0.2, -0.15) is 13.2 Å². The molecule has 0 rings (SSSR count). The van der Waals surface area contributed by atoms with Gasteiger partial charge in [0.15, 0.2) is 0 Å². The van der Waals surface area contributed by atoms with Gasteiger partial charge in [0.25, 0.3) is 0 Å². The molecule has 0 heterocycles. The van der Waals surface area contributed by atoms with Gasteiger partial charge in [-0.05, 0) is 54.4 Å². The van der Waals surface area contributed by atoms with Gasteiger partial charge < -0.3 is 0 Å². The fourth-order valence-electron chi connectivity index (χ4n) is 5.26. The van der Waals surface area contributed by atoms with Crippen LogP contribution in [-0.2, 0) is 0 Å². The molecule has 0 bridgehead atoms. The Labute approximate surface area is 212 Å². The summed E-state index contributed by atoms with van der Waals surface area (Å²) in [5, 5.41) is 0. The van der Waals surface area contributed by atoms with Crippen LogP contribution in [0.15, 0.2) is 72.9 Å². The lowest BCUT2D eigenvalue weighted by Gasteiger charge is -2.51. The van der Waals surface area contributed by atoms with E-state index in [2.05, 4.69) is 19.1 Å². The predicted octanol–water partition coefficient (Wildman–Crippen LogP) is 10.9. The van der Waals surface area contributed by atoms with E-state index in [0.29, 0.717) is 12.8 Å². The Morgan fingerprint density at radius 1 is 0.486 bits per heavy atom. The van der Waals surface area contributed by atoms with Crippen molar-refractivity contribution >= 4 is 0 Å². The topological polar surface area (TPSA) is 0 Å². The van der Waals surface area contributed by atoms with E-state index in [1.165, 1.54) is 20.8 Å². The number of allylic oxidation sites excluding steroid dienone is 12. The average Bonchev–Trinajstić information content (AvgIpc) is 2.71. The quantitative estimate of drug-likeness (QED) is 0.186. The lowest BCUT2D eigenvalue weighted by Crippen LogP contribution is -2.56. The predicted molar refractivity (Wildman–Crippen MR) is 145 cm³/mol. The molecule has 0 amide bonds. The molecule has 35 heavy (non-hydrogen) atoms. The van der Waals surface area contributed by atoms with Gasteiger partial charge in [0, 0.05) is 28.1 Å². The maximum atomic E-state index is 16.4. The van der Waals surface area contributed by atoms with Crippen molar-refractivity contribution < 1.29 is 17.6 Å². The van der Waals surface area contributed by atoms with Crippen LogP contribution < -0.4 is 0 Å². The summed E-state index contributed by atoms with van der Waals surface area (Å²) in [6.45, 7) is 17.3. The summed E-state index contributed by atoms with van der Waals surface area (Å²) in [5.41, 5.74) is -7.48. The summed E-state index contributed by atoms with van der Waals surface area (Å²) >= 11 is 0. The summed E-state index contributed by atoms with van der Waals surface area (Å²) in [6, 6.07) is 0. The zero-order chi connectivity index (χ0) is 27.6. The smallest absolute Gasteiger partial charge is 0.233 e. The molecule has 0 aliphatic carbocycles. The minimum atomic E-state index is -5.03. The van der Waals surface area contributed by atoms with E-state index in [-0.39, 0.29) is 5.41 Å². The van der Waals surface area contributed by atoms with Gasteiger partial charge in [-0.15, -0.1) is 0 Å². The van der Waals surface area contributed by atoms with Crippen LogP contribution >= 0.6 is 0 Å². The van der Waals surface area contributed by atoms with Crippen LogP contribution in [0, 0.1) is 21.7 Å². The van der Waals surface area contributed by atoms with E-state index >= 15 is 4.39 Å². The first kappa shape index (κ1) is 33.2. The number of rotatable bonds is 12. The Hall–Kier alpha value is -1.84. The largest absolute Gasteiger partial charge is 0.423 e. The standard InChI is InChI=1S/C31H48F4/c1-11-17-27(10,18-12-2)23-24-28(19-13-3,20-14-4)29(21-15-5,22-16-6)25-30(32,26(7,8)9)31(33,34)35/h11-22H,23-25H2,1-10H3. The number of alkyl halides is 4. The van der Waals surface area contributed by atoms with Crippen LogP contribution in [0.25, 0.3) is 0 Å². The van der Waals surface area contributed by atoms with Gasteiger partial charge in [0.1, 0.15) is 0 Å². The van der Waals surface area contributed by atoms with Crippen LogP contribution in [0.4, 0.5) is 17.6 Å².